The molecule has 1 aromatic heterocycles. The summed E-state index contributed by atoms with van der Waals surface area (Å²) in [4.78, 5) is 24.2. The second-order valence-corrected chi connectivity index (χ2v) is 5.12. The Morgan fingerprint density at radius 1 is 1.47 bits per heavy atom. The Hall–Kier alpha value is -1.50. The van der Waals surface area contributed by atoms with Gasteiger partial charge < -0.3 is 10.0 Å². The lowest BCUT2D eigenvalue weighted by molar-refractivity contribution is -0.137. The Bertz CT molecular complexity index is 397. The third-order valence-electron chi connectivity index (χ3n) is 2.18. The second kappa shape index (κ2) is 5.22. The van der Waals surface area contributed by atoms with E-state index in [0.29, 0.717) is 0 Å². The molecule has 0 saturated heterocycles. The van der Waals surface area contributed by atoms with E-state index in [9.17, 15) is 9.59 Å². The molecule has 6 nitrogen and oxygen atoms in total. The minimum Gasteiger partial charge on any atom is -0.481 e. The molecule has 0 aromatic carbocycles. The fourth-order valence-electron chi connectivity index (χ4n) is 1.35. The molecule has 0 radical (unpaired) electrons. The molecule has 94 valence electrons. The highest BCUT2D eigenvalue weighted by Crippen LogP contribution is 2.17. The van der Waals surface area contributed by atoms with E-state index in [1.165, 1.54) is 11.1 Å². The predicted molar refractivity (Wildman–Crippen MR) is 63.0 cm³/mol. The summed E-state index contributed by atoms with van der Waals surface area (Å²) in [7, 11) is 0. The fourth-order valence-corrected chi connectivity index (χ4v) is 1.75. The van der Waals surface area contributed by atoms with Crippen molar-refractivity contribution >= 4 is 23.6 Å². The van der Waals surface area contributed by atoms with Gasteiger partial charge in [0.2, 0.25) is 0 Å². The molecule has 1 N–H and O–H groups in total. The van der Waals surface area contributed by atoms with Gasteiger partial charge in [0.25, 0.3) is 5.91 Å². The Labute approximate surface area is 104 Å². The van der Waals surface area contributed by atoms with Crippen LogP contribution in [0.2, 0.25) is 0 Å². The van der Waals surface area contributed by atoms with Gasteiger partial charge in [-0.05, 0) is 20.8 Å². The molecule has 1 heterocycles. The molecule has 0 aliphatic heterocycles. The van der Waals surface area contributed by atoms with Gasteiger partial charge in [0.05, 0.1) is 24.3 Å². The lowest BCUT2D eigenvalue weighted by Gasteiger charge is -2.34. The standard InChI is InChI=1S/C10H15N3O3S/c1-10(2,3)13(5-4-8(14)15)9(16)7-6-11-17-12-7/h6H,4-5H2,1-3H3,(H,14,15). The number of aliphatic carboxylic acids is 1. The molecule has 0 atom stereocenters. The van der Waals surface area contributed by atoms with Gasteiger partial charge in [-0.2, -0.15) is 8.75 Å². The van der Waals surface area contributed by atoms with Crippen LogP contribution in [0.15, 0.2) is 6.20 Å². The smallest absolute Gasteiger partial charge is 0.305 e. The minimum atomic E-state index is -0.927. The van der Waals surface area contributed by atoms with E-state index < -0.39 is 11.5 Å². The summed E-state index contributed by atoms with van der Waals surface area (Å²) < 4.78 is 7.64. The van der Waals surface area contributed by atoms with Gasteiger partial charge in [-0.1, -0.05) is 0 Å². The number of carbonyl (C=O) groups excluding carboxylic acids is 1. The minimum absolute atomic E-state index is 0.0828. The van der Waals surface area contributed by atoms with Crippen LogP contribution in [0.1, 0.15) is 37.7 Å². The molecule has 1 aromatic rings. The molecule has 0 saturated carbocycles. The number of carboxylic acids is 1. The first-order valence-electron chi connectivity index (χ1n) is 5.13. The lowest BCUT2D eigenvalue weighted by atomic mass is 10.0. The van der Waals surface area contributed by atoms with Crippen LogP contribution >= 0.6 is 11.7 Å². The SMILES string of the molecule is CC(C)(C)N(CCC(=O)O)C(=O)c1cnsn1. The lowest BCUT2D eigenvalue weighted by Crippen LogP contribution is -2.46. The largest absolute Gasteiger partial charge is 0.481 e. The van der Waals surface area contributed by atoms with Crippen LogP contribution in [0.25, 0.3) is 0 Å². The maximum Gasteiger partial charge on any atom is 0.305 e. The predicted octanol–water partition coefficient (Wildman–Crippen LogP) is 1.25. The van der Waals surface area contributed by atoms with Gasteiger partial charge in [0.1, 0.15) is 0 Å². The number of amides is 1. The molecule has 0 aliphatic rings. The number of hydrogen-bond donors (Lipinski definition) is 1. The molecule has 1 amide bonds. The third kappa shape index (κ3) is 3.77. The second-order valence-electron chi connectivity index (χ2n) is 4.56. The normalized spacial score (nSPS) is 11.2. The van der Waals surface area contributed by atoms with Crippen LogP contribution in [0.5, 0.6) is 0 Å². The van der Waals surface area contributed by atoms with Crippen molar-refractivity contribution in [3.8, 4) is 0 Å². The quantitative estimate of drug-likeness (QED) is 0.877. The Kier molecular flexibility index (Phi) is 4.17. The number of hydrogen-bond acceptors (Lipinski definition) is 5. The van der Waals surface area contributed by atoms with Crippen LogP contribution < -0.4 is 0 Å². The summed E-state index contributed by atoms with van der Waals surface area (Å²) in [6, 6.07) is 0. The summed E-state index contributed by atoms with van der Waals surface area (Å²) >= 11 is 0.957. The average Bonchev–Trinajstić information content (AvgIpc) is 2.67. The topological polar surface area (TPSA) is 83.4 Å². The molecule has 1 rings (SSSR count). The van der Waals surface area contributed by atoms with Crippen LogP contribution in [-0.2, 0) is 4.79 Å². The molecule has 0 bridgehead atoms. The van der Waals surface area contributed by atoms with Crippen molar-refractivity contribution in [3.63, 3.8) is 0 Å². The maximum atomic E-state index is 12.1. The molecule has 0 spiro atoms. The van der Waals surface area contributed by atoms with Gasteiger partial charge >= 0.3 is 5.97 Å². The Morgan fingerprint density at radius 2 is 2.12 bits per heavy atom. The van der Waals surface area contributed by atoms with Crippen molar-refractivity contribution < 1.29 is 14.7 Å². The zero-order chi connectivity index (χ0) is 13.1. The maximum absolute atomic E-state index is 12.1. The van der Waals surface area contributed by atoms with E-state index in [1.807, 2.05) is 20.8 Å². The number of nitrogens with zero attached hydrogens (tertiary/aromatic N) is 3. The molecule has 7 heteroatoms. The van der Waals surface area contributed by atoms with Crippen molar-refractivity contribution in [1.29, 1.82) is 0 Å². The van der Waals surface area contributed by atoms with E-state index in [2.05, 4.69) is 8.75 Å². The third-order valence-corrected chi connectivity index (χ3v) is 2.66. The molecule has 0 unspecified atom stereocenters. The molecular weight excluding hydrogens is 242 g/mol. The molecule has 0 aliphatic carbocycles. The van der Waals surface area contributed by atoms with Crippen molar-refractivity contribution in [3.05, 3.63) is 11.9 Å². The van der Waals surface area contributed by atoms with Crippen LogP contribution in [0.3, 0.4) is 0 Å². The van der Waals surface area contributed by atoms with E-state index in [-0.39, 0.29) is 24.6 Å². The van der Waals surface area contributed by atoms with Gasteiger partial charge in [-0.25, -0.2) is 0 Å². The summed E-state index contributed by atoms with van der Waals surface area (Å²) in [5.74, 6) is -1.21. The van der Waals surface area contributed by atoms with Gasteiger partial charge in [-0.15, -0.1) is 0 Å². The summed E-state index contributed by atoms with van der Waals surface area (Å²) in [6.45, 7) is 5.72. The summed E-state index contributed by atoms with van der Waals surface area (Å²) in [5, 5.41) is 8.68. The van der Waals surface area contributed by atoms with Crippen molar-refractivity contribution in [2.24, 2.45) is 0 Å². The van der Waals surface area contributed by atoms with E-state index in [4.69, 9.17) is 5.11 Å². The molecular formula is C10H15N3O3S. The average molecular weight is 257 g/mol. The first-order valence-corrected chi connectivity index (χ1v) is 5.86. The molecule has 17 heavy (non-hydrogen) atoms. The number of aromatic nitrogens is 2. The zero-order valence-electron chi connectivity index (χ0n) is 10.0. The van der Waals surface area contributed by atoms with E-state index in [1.54, 1.807) is 0 Å². The van der Waals surface area contributed by atoms with Gasteiger partial charge in [0.15, 0.2) is 5.69 Å². The first kappa shape index (κ1) is 13.6. The van der Waals surface area contributed by atoms with Crippen LogP contribution in [0.4, 0.5) is 0 Å². The van der Waals surface area contributed by atoms with Crippen molar-refractivity contribution in [2.45, 2.75) is 32.7 Å². The van der Waals surface area contributed by atoms with Crippen LogP contribution in [0, 0.1) is 0 Å². The highest BCUT2D eigenvalue weighted by Gasteiger charge is 2.28. The zero-order valence-corrected chi connectivity index (χ0v) is 10.8. The number of carbonyl (C=O) groups is 2. The van der Waals surface area contributed by atoms with E-state index >= 15 is 0 Å². The Balaban J connectivity index is 2.84. The van der Waals surface area contributed by atoms with Gasteiger partial charge in [0, 0.05) is 12.1 Å². The van der Waals surface area contributed by atoms with Crippen molar-refractivity contribution in [1.82, 2.24) is 13.6 Å². The fraction of sp³-hybridized carbons (Fsp3) is 0.600. The first-order chi connectivity index (χ1) is 7.82. The molecule has 0 fully saturated rings. The van der Waals surface area contributed by atoms with Gasteiger partial charge in [-0.3, -0.25) is 9.59 Å². The Morgan fingerprint density at radius 3 is 2.53 bits per heavy atom. The highest BCUT2D eigenvalue weighted by atomic mass is 32.1. The number of carboxylic acid groups (broad SMARTS) is 1. The summed E-state index contributed by atoms with van der Waals surface area (Å²) in [6.07, 6.45) is 1.31. The monoisotopic (exact) mass is 257 g/mol. The number of rotatable bonds is 4. The summed E-state index contributed by atoms with van der Waals surface area (Å²) in [5.41, 5.74) is -0.189. The van der Waals surface area contributed by atoms with Crippen LogP contribution in [-0.4, -0.2) is 42.7 Å². The van der Waals surface area contributed by atoms with Crippen molar-refractivity contribution in [2.75, 3.05) is 6.54 Å². The van der Waals surface area contributed by atoms with E-state index in [0.717, 1.165) is 11.7 Å². The highest BCUT2D eigenvalue weighted by molar-refractivity contribution is 6.99.